The van der Waals surface area contributed by atoms with Gasteiger partial charge in [0.1, 0.15) is 19.3 Å². The van der Waals surface area contributed by atoms with Gasteiger partial charge in [0, 0.05) is 25.7 Å². The highest BCUT2D eigenvalue weighted by Gasteiger charge is 2.30. The molecule has 0 aromatic heterocycles. The van der Waals surface area contributed by atoms with Gasteiger partial charge in [0.25, 0.3) is 0 Å². The van der Waals surface area contributed by atoms with Crippen LogP contribution >= 0.6 is 15.6 Å². The topological polar surface area (TPSA) is 237 Å². The smallest absolute Gasteiger partial charge is 0.462 e. The standard InChI is InChI=1S/C80H156O17P2/c1-8-12-13-14-15-16-17-18-19-20-21-22-23-24-25-33-42-49-56-63-79(84)96-75(67-90-77(82)61-54-47-40-32-28-26-30-37-44-51-58-71(5)9-2)69-94-98(86,87)92-65-74(81)66-93-99(88,89)95-70-76(68-91-78(83)62-55-48-41-36-35-39-46-53-60-73(7)11-4)97-80(85)64-57-50-43-34-29-27-31-38-45-52-59-72(6)10-3/h71-76,81H,8-70H2,1-7H3,(H,86,87)(H,88,89)/t71?,72?,73?,74-,75-,76-/m1/s1. The Labute approximate surface area is 607 Å². The number of esters is 4. The average molecular weight is 1450 g/mol. The largest absolute Gasteiger partial charge is 0.472 e. The van der Waals surface area contributed by atoms with E-state index in [0.29, 0.717) is 25.7 Å². The van der Waals surface area contributed by atoms with Gasteiger partial charge in [-0.2, -0.15) is 0 Å². The summed E-state index contributed by atoms with van der Waals surface area (Å²) in [7, 11) is -9.92. The molecule has 19 heteroatoms. The molecule has 0 aliphatic heterocycles. The van der Waals surface area contributed by atoms with Crippen molar-refractivity contribution in [1.29, 1.82) is 0 Å². The molecule has 0 aromatic rings. The minimum atomic E-state index is -4.96. The Morgan fingerprint density at radius 2 is 0.485 bits per heavy atom. The van der Waals surface area contributed by atoms with E-state index in [1.807, 2.05) is 0 Å². The molecule has 0 aromatic carbocycles. The Morgan fingerprint density at radius 3 is 0.717 bits per heavy atom. The summed E-state index contributed by atoms with van der Waals surface area (Å²) >= 11 is 0. The van der Waals surface area contributed by atoms with Gasteiger partial charge in [-0.3, -0.25) is 37.3 Å². The molecule has 0 saturated heterocycles. The second kappa shape index (κ2) is 70.4. The fourth-order valence-corrected chi connectivity index (χ4v) is 13.8. The van der Waals surface area contributed by atoms with Gasteiger partial charge in [-0.25, -0.2) is 9.13 Å². The molecule has 0 bridgehead atoms. The molecule has 8 atom stereocenters. The number of hydrogen-bond donors (Lipinski definition) is 3. The van der Waals surface area contributed by atoms with Crippen molar-refractivity contribution in [1.82, 2.24) is 0 Å². The maximum Gasteiger partial charge on any atom is 0.472 e. The van der Waals surface area contributed by atoms with Gasteiger partial charge >= 0.3 is 39.5 Å². The normalized spacial score (nSPS) is 14.8. The highest BCUT2D eigenvalue weighted by molar-refractivity contribution is 7.47. The first-order valence-corrected chi connectivity index (χ1v) is 44.5. The Kier molecular flexibility index (Phi) is 69.0. The van der Waals surface area contributed by atoms with E-state index >= 15 is 0 Å². The number of rotatable bonds is 78. The number of aliphatic hydroxyl groups is 1. The molecule has 0 aliphatic carbocycles. The molecule has 17 nitrogen and oxygen atoms in total. The van der Waals surface area contributed by atoms with Crippen LogP contribution in [-0.2, 0) is 65.4 Å². The van der Waals surface area contributed by atoms with Crippen LogP contribution < -0.4 is 0 Å². The highest BCUT2D eigenvalue weighted by Crippen LogP contribution is 2.45. The Balaban J connectivity index is 5.27. The van der Waals surface area contributed by atoms with Gasteiger partial charge < -0.3 is 33.8 Å². The van der Waals surface area contributed by atoms with Crippen LogP contribution in [0.2, 0.25) is 0 Å². The number of unbranched alkanes of at least 4 members (excludes halogenated alkanes) is 43. The molecule has 0 heterocycles. The molecule has 0 radical (unpaired) electrons. The number of hydrogen-bond acceptors (Lipinski definition) is 15. The van der Waals surface area contributed by atoms with Gasteiger partial charge in [0.15, 0.2) is 12.2 Å². The zero-order valence-electron chi connectivity index (χ0n) is 65.0. The molecule has 99 heavy (non-hydrogen) atoms. The van der Waals surface area contributed by atoms with Gasteiger partial charge in [-0.15, -0.1) is 0 Å². The van der Waals surface area contributed by atoms with Gasteiger partial charge in [0.05, 0.1) is 26.4 Å². The summed E-state index contributed by atoms with van der Waals surface area (Å²) in [6.45, 7) is 12.0. The summed E-state index contributed by atoms with van der Waals surface area (Å²) in [6.07, 6.45) is 58.0. The number of carbonyl (C=O) groups is 4. The fraction of sp³-hybridized carbons (Fsp3) is 0.950. The summed E-state index contributed by atoms with van der Waals surface area (Å²) < 4.78 is 68.7. The number of phosphoric acid groups is 2. The lowest BCUT2D eigenvalue weighted by Gasteiger charge is -2.21. The van der Waals surface area contributed by atoms with Crippen LogP contribution in [-0.4, -0.2) is 96.7 Å². The van der Waals surface area contributed by atoms with Crippen LogP contribution in [0.3, 0.4) is 0 Å². The zero-order valence-corrected chi connectivity index (χ0v) is 66.8. The van der Waals surface area contributed by atoms with E-state index in [0.717, 1.165) is 108 Å². The van der Waals surface area contributed by atoms with Crippen molar-refractivity contribution in [3.05, 3.63) is 0 Å². The van der Waals surface area contributed by atoms with Gasteiger partial charge in [0.2, 0.25) is 0 Å². The van der Waals surface area contributed by atoms with Crippen LogP contribution in [0.5, 0.6) is 0 Å². The van der Waals surface area contributed by atoms with E-state index in [1.54, 1.807) is 0 Å². The second-order valence-corrected chi connectivity index (χ2v) is 32.4. The van der Waals surface area contributed by atoms with E-state index < -0.39 is 97.5 Å². The third kappa shape index (κ3) is 70.2. The van der Waals surface area contributed by atoms with Crippen molar-refractivity contribution in [2.75, 3.05) is 39.6 Å². The van der Waals surface area contributed by atoms with Crippen molar-refractivity contribution >= 4 is 39.5 Å². The summed E-state index contributed by atoms with van der Waals surface area (Å²) in [5.74, 6) is 0.277. The molecule has 588 valence electrons. The molecule has 5 unspecified atom stereocenters. The molecule has 0 aliphatic rings. The minimum Gasteiger partial charge on any atom is -0.462 e. The minimum absolute atomic E-state index is 0.106. The van der Waals surface area contributed by atoms with E-state index in [2.05, 4.69) is 48.5 Å². The first kappa shape index (κ1) is 97.1. The molecule has 0 spiro atoms. The SMILES string of the molecule is CCCCCCCCCCCCCCCCCCCCCC(=O)O[C@H](COC(=O)CCCCCCCCCCCCC(C)CC)COP(=O)(O)OC[C@@H](O)COP(=O)(O)OC[C@@H](COC(=O)CCCCCCCCCCC(C)CC)OC(=O)CCCCCCCCCCCCC(C)CC. The van der Waals surface area contributed by atoms with Crippen molar-refractivity contribution in [3.63, 3.8) is 0 Å². The maximum atomic E-state index is 13.1. The Morgan fingerprint density at radius 1 is 0.283 bits per heavy atom. The molecule has 3 N–H and O–H groups in total. The predicted molar refractivity (Wildman–Crippen MR) is 405 cm³/mol. The number of ether oxygens (including phenoxy) is 4. The first-order chi connectivity index (χ1) is 47.8. The number of aliphatic hydroxyl groups excluding tert-OH is 1. The van der Waals surface area contributed by atoms with Crippen LogP contribution in [0.25, 0.3) is 0 Å². The second-order valence-electron chi connectivity index (χ2n) is 29.5. The predicted octanol–water partition coefficient (Wildman–Crippen LogP) is 23.7. The van der Waals surface area contributed by atoms with Crippen molar-refractivity contribution < 1.29 is 80.2 Å². The van der Waals surface area contributed by atoms with Crippen LogP contribution in [0.1, 0.15) is 414 Å². The molecule has 0 amide bonds. The summed E-state index contributed by atoms with van der Waals surface area (Å²) in [4.78, 5) is 73.0. The lowest BCUT2D eigenvalue weighted by molar-refractivity contribution is -0.161. The van der Waals surface area contributed by atoms with Crippen LogP contribution in [0.15, 0.2) is 0 Å². The first-order valence-electron chi connectivity index (χ1n) is 41.5. The Hall–Kier alpha value is -1.94. The van der Waals surface area contributed by atoms with Crippen molar-refractivity contribution in [2.45, 2.75) is 433 Å². The lowest BCUT2D eigenvalue weighted by atomic mass is 9.99. The fourth-order valence-electron chi connectivity index (χ4n) is 12.2. The summed E-state index contributed by atoms with van der Waals surface area (Å²) in [5, 5.41) is 10.6. The quantitative estimate of drug-likeness (QED) is 0.0222. The summed E-state index contributed by atoms with van der Waals surface area (Å²) in [6, 6.07) is 0. The van der Waals surface area contributed by atoms with Crippen LogP contribution in [0, 0.1) is 17.8 Å². The average Bonchev–Trinajstić information content (AvgIpc) is 0.939. The van der Waals surface area contributed by atoms with Crippen molar-refractivity contribution in [2.24, 2.45) is 17.8 Å². The molecular weight excluding hydrogens is 1290 g/mol. The molecule has 0 rings (SSSR count). The number of carbonyl (C=O) groups excluding carboxylic acids is 4. The third-order valence-corrected chi connectivity index (χ3v) is 21.6. The highest BCUT2D eigenvalue weighted by atomic mass is 31.2. The van der Waals surface area contributed by atoms with Gasteiger partial charge in [-0.05, 0) is 43.4 Å². The number of phosphoric ester groups is 2. The summed E-state index contributed by atoms with van der Waals surface area (Å²) in [5.41, 5.74) is 0. The Bertz CT molecular complexity index is 1930. The van der Waals surface area contributed by atoms with E-state index in [9.17, 15) is 43.2 Å². The van der Waals surface area contributed by atoms with Crippen LogP contribution in [0.4, 0.5) is 0 Å². The maximum absolute atomic E-state index is 13.1. The third-order valence-electron chi connectivity index (χ3n) is 19.7. The van der Waals surface area contributed by atoms with Crippen molar-refractivity contribution in [3.8, 4) is 0 Å². The lowest BCUT2D eigenvalue weighted by Crippen LogP contribution is -2.30. The molecular formula is C80H156O17P2. The zero-order chi connectivity index (χ0) is 73.0. The molecule has 0 fully saturated rings. The monoisotopic (exact) mass is 1450 g/mol. The van der Waals surface area contributed by atoms with E-state index in [1.165, 1.54) is 225 Å². The van der Waals surface area contributed by atoms with E-state index in [-0.39, 0.29) is 25.7 Å². The van der Waals surface area contributed by atoms with E-state index in [4.69, 9.17) is 37.0 Å². The molecule has 0 saturated carbocycles. The van der Waals surface area contributed by atoms with Gasteiger partial charge in [-0.1, -0.05) is 363 Å².